The number of halogens is 1. The zero-order valence-corrected chi connectivity index (χ0v) is 18.1. The van der Waals surface area contributed by atoms with Gasteiger partial charge in [-0.2, -0.15) is 0 Å². The maximum atomic E-state index is 14.7. The van der Waals surface area contributed by atoms with Crippen LogP contribution >= 0.6 is 0 Å². The molecule has 29 heavy (non-hydrogen) atoms. The monoisotopic (exact) mass is 410 g/mol. The first kappa shape index (κ1) is 22.8. The molecule has 1 aromatic carbocycles. The number of benzene rings is 1. The Bertz CT molecular complexity index is 737. The Morgan fingerprint density at radius 3 is 2.21 bits per heavy atom. The van der Waals surface area contributed by atoms with Crippen molar-refractivity contribution in [3.8, 4) is 5.75 Å². The van der Waals surface area contributed by atoms with E-state index in [9.17, 15) is 14.0 Å². The first-order valence-electron chi connectivity index (χ1n) is 9.81. The van der Waals surface area contributed by atoms with E-state index in [2.05, 4.69) is 0 Å². The van der Waals surface area contributed by atoms with Crippen LogP contribution in [0.25, 0.3) is 0 Å². The largest absolute Gasteiger partial charge is 0.476 e. The molecule has 0 saturated carbocycles. The van der Waals surface area contributed by atoms with E-state index in [4.69, 9.17) is 14.2 Å². The summed E-state index contributed by atoms with van der Waals surface area (Å²) in [7, 11) is 0. The summed E-state index contributed by atoms with van der Waals surface area (Å²) in [6.07, 6.45) is -0.359. The zero-order valence-electron chi connectivity index (χ0n) is 18.1. The molecule has 0 bridgehead atoms. The van der Waals surface area contributed by atoms with Crippen LogP contribution in [0.1, 0.15) is 41.5 Å². The number of hydrogen-bond acceptors (Lipinski definition) is 6. The Morgan fingerprint density at radius 1 is 1.07 bits per heavy atom. The number of carbonyl (C=O) groups is 2. The maximum Gasteiger partial charge on any atom is 0.410 e. The van der Waals surface area contributed by atoms with Crippen molar-refractivity contribution in [1.82, 2.24) is 4.90 Å². The molecule has 0 radical (unpaired) electrons. The molecule has 1 amide bonds. The Labute approximate surface area is 171 Å². The number of carbonyl (C=O) groups excluding carboxylic acids is 2. The molecular formula is C21H31FN2O5. The van der Waals surface area contributed by atoms with Crippen LogP contribution in [-0.4, -0.2) is 61.0 Å². The lowest BCUT2D eigenvalue weighted by Crippen LogP contribution is -2.50. The molecule has 2 rings (SSSR count). The van der Waals surface area contributed by atoms with E-state index in [0.29, 0.717) is 31.9 Å². The highest BCUT2D eigenvalue weighted by Crippen LogP contribution is 2.28. The molecule has 0 atom stereocenters. The van der Waals surface area contributed by atoms with E-state index in [0.717, 1.165) is 0 Å². The van der Waals surface area contributed by atoms with Crippen molar-refractivity contribution in [2.24, 2.45) is 0 Å². The molecule has 0 N–H and O–H groups in total. The van der Waals surface area contributed by atoms with Gasteiger partial charge in [0.05, 0.1) is 12.3 Å². The van der Waals surface area contributed by atoms with Crippen LogP contribution in [0.4, 0.5) is 14.9 Å². The number of ether oxygens (including phenoxy) is 3. The van der Waals surface area contributed by atoms with Gasteiger partial charge in [0.1, 0.15) is 17.2 Å². The van der Waals surface area contributed by atoms with Gasteiger partial charge < -0.3 is 24.0 Å². The van der Waals surface area contributed by atoms with Crippen molar-refractivity contribution in [2.75, 3.05) is 37.7 Å². The van der Waals surface area contributed by atoms with Gasteiger partial charge in [0.15, 0.2) is 5.60 Å². The number of anilines is 1. The smallest absolute Gasteiger partial charge is 0.410 e. The van der Waals surface area contributed by atoms with Crippen molar-refractivity contribution in [1.29, 1.82) is 0 Å². The molecule has 0 unspecified atom stereocenters. The number of piperazine rings is 1. The lowest BCUT2D eigenvalue weighted by molar-refractivity contribution is -0.158. The summed E-state index contributed by atoms with van der Waals surface area (Å²) in [5, 5.41) is 0. The second kappa shape index (κ2) is 8.88. The van der Waals surface area contributed by atoms with E-state index >= 15 is 0 Å². The lowest BCUT2D eigenvalue weighted by atomic mass is 10.1. The first-order valence-corrected chi connectivity index (χ1v) is 9.81. The minimum absolute atomic E-state index is 0.244. The fourth-order valence-corrected chi connectivity index (χ4v) is 2.91. The van der Waals surface area contributed by atoms with Crippen LogP contribution in [0.3, 0.4) is 0 Å². The first-order chi connectivity index (χ1) is 13.4. The molecular weight excluding hydrogens is 379 g/mol. The van der Waals surface area contributed by atoms with Gasteiger partial charge in [0.25, 0.3) is 0 Å². The predicted octanol–water partition coefficient (Wildman–Crippen LogP) is 3.60. The van der Waals surface area contributed by atoms with Gasteiger partial charge in [-0.05, 0) is 53.7 Å². The SMILES string of the molecule is CCOC(=O)C(C)(C)Oc1ccc(N2CCN(C(=O)OC(C)(C)C)CC2)c(F)c1. The molecule has 0 spiro atoms. The van der Waals surface area contributed by atoms with Gasteiger partial charge in [-0.15, -0.1) is 0 Å². The maximum absolute atomic E-state index is 14.7. The molecule has 162 valence electrons. The number of esters is 1. The van der Waals surface area contributed by atoms with Gasteiger partial charge in [-0.3, -0.25) is 0 Å². The molecule has 0 aromatic heterocycles. The zero-order chi connectivity index (χ0) is 21.8. The van der Waals surface area contributed by atoms with Crippen molar-refractivity contribution >= 4 is 17.7 Å². The summed E-state index contributed by atoms with van der Waals surface area (Å²) in [5.74, 6) is -0.715. The average Bonchev–Trinajstić information content (AvgIpc) is 2.60. The van der Waals surface area contributed by atoms with Gasteiger partial charge in [0, 0.05) is 32.2 Å². The molecule has 1 fully saturated rings. The standard InChI is InChI=1S/C21H31FN2O5/c1-7-27-18(25)21(5,6)28-15-8-9-17(16(22)14-15)23-10-12-24(13-11-23)19(26)29-20(2,3)4/h8-9,14H,7,10-13H2,1-6H3. The molecule has 1 aliphatic rings. The second-order valence-corrected chi connectivity index (χ2v) is 8.40. The van der Waals surface area contributed by atoms with Gasteiger partial charge in [0.2, 0.25) is 0 Å². The highest BCUT2D eigenvalue weighted by molar-refractivity contribution is 5.79. The second-order valence-electron chi connectivity index (χ2n) is 8.40. The Hall–Kier alpha value is -2.51. The van der Waals surface area contributed by atoms with Crippen LogP contribution in [0.5, 0.6) is 5.75 Å². The number of rotatable bonds is 5. The van der Waals surface area contributed by atoms with E-state index in [1.807, 2.05) is 25.7 Å². The van der Waals surface area contributed by atoms with E-state index in [1.54, 1.807) is 37.8 Å². The summed E-state index contributed by atoms with van der Waals surface area (Å²) in [6.45, 7) is 12.5. The predicted molar refractivity (Wildman–Crippen MR) is 108 cm³/mol. The third-order valence-electron chi connectivity index (χ3n) is 4.33. The number of hydrogen-bond donors (Lipinski definition) is 0. The molecule has 1 aromatic rings. The van der Waals surface area contributed by atoms with Crippen molar-refractivity contribution in [2.45, 2.75) is 52.7 Å². The van der Waals surface area contributed by atoms with E-state index in [1.165, 1.54) is 6.07 Å². The van der Waals surface area contributed by atoms with Crippen molar-refractivity contribution < 1.29 is 28.2 Å². The highest BCUT2D eigenvalue weighted by atomic mass is 19.1. The third-order valence-corrected chi connectivity index (χ3v) is 4.33. The summed E-state index contributed by atoms with van der Waals surface area (Å²) < 4.78 is 30.7. The lowest BCUT2D eigenvalue weighted by Gasteiger charge is -2.37. The minimum atomic E-state index is -1.22. The third kappa shape index (κ3) is 6.24. The normalized spacial score (nSPS) is 15.1. The minimum Gasteiger partial charge on any atom is -0.476 e. The molecule has 1 aliphatic heterocycles. The van der Waals surface area contributed by atoms with Crippen LogP contribution in [0.15, 0.2) is 18.2 Å². The van der Waals surface area contributed by atoms with Gasteiger partial charge in [-0.25, -0.2) is 14.0 Å². The highest BCUT2D eigenvalue weighted by Gasteiger charge is 2.32. The fraction of sp³-hybridized carbons (Fsp3) is 0.619. The Kier molecular flexibility index (Phi) is 6.97. The van der Waals surface area contributed by atoms with Crippen LogP contribution in [0, 0.1) is 5.82 Å². The van der Waals surface area contributed by atoms with E-state index in [-0.39, 0.29) is 18.4 Å². The average molecular weight is 410 g/mol. The van der Waals surface area contributed by atoms with Crippen molar-refractivity contribution in [3.63, 3.8) is 0 Å². The molecule has 1 heterocycles. The molecule has 0 aliphatic carbocycles. The van der Waals surface area contributed by atoms with Gasteiger partial charge >= 0.3 is 12.1 Å². The fourth-order valence-electron chi connectivity index (χ4n) is 2.91. The summed E-state index contributed by atoms with van der Waals surface area (Å²) in [5.41, 5.74) is -1.34. The summed E-state index contributed by atoms with van der Waals surface area (Å²) >= 11 is 0. The van der Waals surface area contributed by atoms with Gasteiger partial charge in [-0.1, -0.05) is 0 Å². The summed E-state index contributed by atoms with van der Waals surface area (Å²) in [4.78, 5) is 27.6. The van der Waals surface area contributed by atoms with Crippen LogP contribution in [-0.2, 0) is 14.3 Å². The number of nitrogens with zero attached hydrogens (tertiary/aromatic N) is 2. The Morgan fingerprint density at radius 2 is 1.69 bits per heavy atom. The quantitative estimate of drug-likeness (QED) is 0.691. The summed E-state index contributed by atoms with van der Waals surface area (Å²) in [6, 6.07) is 4.51. The number of amides is 1. The van der Waals surface area contributed by atoms with Crippen molar-refractivity contribution in [3.05, 3.63) is 24.0 Å². The van der Waals surface area contributed by atoms with Crippen LogP contribution < -0.4 is 9.64 Å². The Balaban J connectivity index is 1.99. The van der Waals surface area contributed by atoms with E-state index < -0.39 is 23.0 Å². The molecule has 7 nitrogen and oxygen atoms in total. The molecule has 8 heteroatoms. The topological polar surface area (TPSA) is 68.3 Å². The van der Waals surface area contributed by atoms with Crippen LogP contribution in [0.2, 0.25) is 0 Å². The molecule has 1 saturated heterocycles.